The van der Waals surface area contributed by atoms with Crippen LogP contribution in [0.25, 0.3) is 16.7 Å². The summed E-state index contributed by atoms with van der Waals surface area (Å²) in [7, 11) is 1.27. The topological polar surface area (TPSA) is 74.0 Å². The first-order valence-electron chi connectivity index (χ1n) is 7.87. The minimum absolute atomic E-state index is 0.000815. The van der Waals surface area contributed by atoms with Gasteiger partial charge in [0.05, 0.1) is 24.1 Å². The van der Waals surface area contributed by atoms with Crippen molar-refractivity contribution < 1.29 is 9.53 Å². The molecule has 0 atom stereocenters. The minimum Gasteiger partial charge on any atom is -0.465 e. The molecule has 4 heteroatoms. The summed E-state index contributed by atoms with van der Waals surface area (Å²) >= 11 is 0. The van der Waals surface area contributed by atoms with Gasteiger partial charge in [-0.15, -0.1) is 0 Å². The summed E-state index contributed by atoms with van der Waals surface area (Å²) in [5.74, 6) is -0.600. The number of esters is 1. The zero-order chi connectivity index (χ0) is 18.0. The summed E-state index contributed by atoms with van der Waals surface area (Å²) in [6.07, 6.45) is 3.20. The number of nitrogens with one attached hydrogen (secondary N) is 2. The summed E-state index contributed by atoms with van der Waals surface area (Å²) < 4.78 is 4.71. The quantitative estimate of drug-likeness (QED) is 0.654. The molecule has 2 aromatic carbocycles. The number of allylic oxidation sites excluding steroid dienone is 3. The molecule has 0 spiro atoms. The maximum Gasteiger partial charge on any atom is 0.340 e. The minimum atomic E-state index is -0.600. The maximum atomic E-state index is 11.8. The lowest BCUT2D eigenvalue weighted by atomic mass is 9.91. The number of hydrogen-bond donors (Lipinski definition) is 2. The predicted molar refractivity (Wildman–Crippen MR) is 100 cm³/mol. The second-order valence-corrected chi connectivity index (χ2v) is 5.83. The number of aryl methyl sites for hydroxylation is 1. The largest absolute Gasteiger partial charge is 0.465 e. The number of ether oxygens (including phenoxy) is 1. The molecule has 1 aliphatic carbocycles. The fourth-order valence-corrected chi connectivity index (χ4v) is 2.82. The molecule has 4 nitrogen and oxygen atoms in total. The van der Waals surface area contributed by atoms with Gasteiger partial charge in [0.2, 0.25) is 0 Å². The Labute approximate surface area is 146 Å². The van der Waals surface area contributed by atoms with Gasteiger partial charge in [0.15, 0.2) is 0 Å². The molecular weight excluding hydrogens is 312 g/mol. The Bertz CT molecular complexity index is 935. The van der Waals surface area contributed by atoms with Crippen LogP contribution in [0.1, 0.15) is 11.1 Å². The summed E-state index contributed by atoms with van der Waals surface area (Å²) in [5, 5.41) is 15.8. The standard InChI is InChI=1S/C21H18N2O2/c1-13-5-3-4-6-17(13)15-9-7-14(8-10-15)16-11-18(21(24)25-2)20(23)19(22)12-16/h3-12,22-23H,1-2H3. The number of carbonyl (C=O) groups is 1. The molecule has 0 aromatic heterocycles. The molecule has 0 radical (unpaired) electrons. The molecule has 0 bridgehead atoms. The van der Waals surface area contributed by atoms with Crippen molar-refractivity contribution in [1.29, 1.82) is 10.8 Å². The summed E-state index contributed by atoms with van der Waals surface area (Å²) in [4.78, 5) is 11.8. The monoisotopic (exact) mass is 330 g/mol. The fraction of sp³-hybridized carbons (Fsp3) is 0.0952. The highest BCUT2D eigenvalue weighted by molar-refractivity contribution is 6.56. The lowest BCUT2D eigenvalue weighted by Gasteiger charge is -2.15. The van der Waals surface area contributed by atoms with E-state index >= 15 is 0 Å². The zero-order valence-corrected chi connectivity index (χ0v) is 14.1. The molecule has 0 unspecified atom stereocenters. The molecule has 1 aliphatic rings. The fourth-order valence-electron chi connectivity index (χ4n) is 2.82. The summed E-state index contributed by atoms with van der Waals surface area (Å²) in [6, 6.07) is 16.1. The molecule has 0 amide bonds. The SMILES string of the molecule is COC(=O)C1=CC(c2ccc(-c3ccccc3C)cc2)=CC(=N)C1=N. The smallest absolute Gasteiger partial charge is 0.340 e. The highest BCUT2D eigenvalue weighted by Gasteiger charge is 2.23. The summed E-state index contributed by atoms with van der Waals surface area (Å²) in [5.41, 5.74) is 5.08. The van der Waals surface area contributed by atoms with Crippen LogP contribution in [0.3, 0.4) is 0 Å². The van der Waals surface area contributed by atoms with E-state index in [9.17, 15) is 4.79 Å². The van der Waals surface area contributed by atoms with Crippen molar-refractivity contribution in [2.75, 3.05) is 7.11 Å². The van der Waals surface area contributed by atoms with Crippen molar-refractivity contribution >= 4 is 23.0 Å². The zero-order valence-electron chi connectivity index (χ0n) is 14.1. The molecule has 0 fully saturated rings. The molecule has 0 saturated heterocycles. The molecular formula is C21H18N2O2. The van der Waals surface area contributed by atoms with Gasteiger partial charge in [-0.05, 0) is 46.9 Å². The Morgan fingerprint density at radius 2 is 1.56 bits per heavy atom. The maximum absolute atomic E-state index is 11.8. The van der Waals surface area contributed by atoms with Gasteiger partial charge in [0, 0.05) is 0 Å². The predicted octanol–water partition coefficient (Wildman–Crippen LogP) is 4.20. The van der Waals surface area contributed by atoms with E-state index in [1.54, 1.807) is 12.2 Å². The molecule has 0 heterocycles. The molecule has 25 heavy (non-hydrogen) atoms. The third-order valence-corrected chi connectivity index (χ3v) is 4.22. The van der Waals surface area contributed by atoms with E-state index < -0.39 is 5.97 Å². The normalized spacial score (nSPS) is 14.0. The van der Waals surface area contributed by atoms with Gasteiger partial charge in [0.25, 0.3) is 0 Å². The number of rotatable bonds is 3. The molecule has 0 saturated carbocycles. The van der Waals surface area contributed by atoms with Crippen LogP contribution in [0.5, 0.6) is 0 Å². The van der Waals surface area contributed by atoms with Crippen LogP contribution in [0, 0.1) is 17.7 Å². The van der Waals surface area contributed by atoms with Gasteiger partial charge in [0.1, 0.15) is 0 Å². The van der Waals surface area contributed by atoms with Gasteiger partial charge in [-0.25, -0.2) is 4.79 Å². The molecule has 0 aliphatic heterocycles. The van der Waals surface area contributed by atoms with Crippen LogP contribution >= 0.6 is 0 Å². The van der Waals surface area contributed by atoms with Gasteiger partial charge < -0.3 is 4.74 Å². The third-order valence-electron chi connectivity index (χ3n) is 4.22. The average Bonchev–Trinajstić information content (AvgIpc) is 2.64. The molecule has 124 valence electrons. The van der Waals surface area contributed by atoms with Gasteiger partial charge in [-0.2, -0.15) is 0 Å². The van der Waals surface area contributed by atoms with E-state index in [0.29, 0.717) is 0 Å². The van der Waals surface area contributed by atoms with E-state index in [4.69, 9.17) is 15.6 Å². The Morgan fingerprint density at radius 1 is 0.920 bits per heavy atom. The van der Waals surface area contributed by atoms with E-state index in [1.165, 1.54) is 18.2 Å². The van der Waals surface area contributed by atoms with Crippen LogP contribution in [0.2, 0.25) is 0 Å². The van der Waals surface area contributed by atoms with Crippen molar-refractivity contribution in [1.82, 2.24) is 0 Å². The van der Waals surface area contributed by atoms with E-state index in [0.717, 1.165) is 16.7 Å². The van der Waals surface area contributed by atoms with E-state index in [1.807, 2.05) is 36.4 Å². The van der Waals surface area contributed by atoms with Gasteiger partial charge >= 0.3 is 5.97 Å². The first-order chi connectivity index (χ1) is 12.0. The molecule has 3 rings (SSSR count). The Hall–Kier alpha value is -3.27. The highest BCUT2D eigenvalue weighted by atomic mass is 16.5. The van der Waals surface area contributed by atoms with E-state index in [2.05, 4.69) is 19.1 Å². The highest BCUT2D eigenvalue weighted by Crippen LogP contribution is 2.27. The number of methoxy groups -OCH3 is 1. The van der Waals surface area contributed by atoms with Crippen LogP contribution in [0.4, 0.5) is 0 Å². The van der Waals surface area contributed by atoms with Crippen molar-refractivity contribution in [3.8, 4) is 11.1 Å². The van der Waals surface area contributed by atoms with Crippen LogP contribution in [-0.4, -0.2) is 24.5 Å². The second-order valence-electron chi connectivity index (χ2n) is 5.83. The number of carbonyl (C=O) groups excluding carboxylic acids is 1. The Kier molecular flexibility index (Phi) is 4.44. The first kappa shape index (κ1) is 16.6. The third kappa shape index (κ3) is 3.19. The lowest BCUT2D eigenvalue weighted by Crippen LogP contribution is -2.23. The number of benzene rings is 2. The van der Waals surface area contributed by atoms with Crippen LogP contribution < -0.4 is 0 Å². The second kappa shape index (κ2) is 6.69. The van der Waals surface area contributed by atoms with Crippen molar-refractivity contribution in [2.45, 2.75) is 6.92 Å². The Balaban J connectivity index is 1.97. The molecule has 2 N–H and O–H groups in total. The molecule has 2 aromatic rings. The number of hydrogen-bond acceptors (Lipinski definition) is 4. The van der Waals surface area contributed by atoms with Crippen molar-refractivity contribution in [3.05, 3.63) is 77.4 Å². The van der Waals surface area contributed by atoms with Gasteiger partial charge in [-0.1, -0.05) is 48.5 Å². The van der Waals surface area contributed by atoms with Crippen molar-refractivity contribution in [2.24, 2.45) is 0 Å². The van der Waals surface area contributed by atoms with Crippen molar-refractivity contribution in [3.63, 3.8) is 0 Å². The van der Waals surface area contributed by atoms with Crippen LogP contribution in [-0.2, 0) is 9.53 Å². The van der Waals surface area contributed by atoms with E-state index in [-0.39, 0.29) is 17.0 Å². The Morgan fingerprint density at radius 3 is 2.20 bits per heavy atom. The summed E-state index contributed by atoms with van der Waals surface area (Å²) in [6.45, 7) is 2.07. The first-order valence-corrected chi connectivity index (χ1v) is 7.87. The average molecular weight is 330 g/mol. The van der Waals surface area contributed by atoms with Gasteiger partial charge in [-0.3, -0.25) is 10.8 Å². The van der Waals surface area contributed by atoms with Crippen LogP contribution in [0.15, 0.2) is 66.3 Å². The lowest BCUT2D eigenvalue weighted by molar-refractivity contribution is -0.135.